The van der Waals surface area contributed by atoms with Crippen molar-refractivity contribution < 1.29 is 33.3 Å². The summed E-state index contributed by atoms with van der Waals surface area (Å²) in [5.41, 5.74) is 0. The predicted molar refractivity (Wildman–Crippen MR) is 112 cm³/mol. The van der Waals surface area contributed by atoms with E-state index in [1.807, 2.05) is 0 Å². The zero-order valence-electron chi connectivity index (χ0n) is 17.9. The minimum Gasteiger partial charge on any atom is -0.487 e. The minimum atomic E-state index is -1.01. The van der Waals surface area contributed by atoms with E-state index in [0.717, 1.165) is 43.9 Å². The van der Waals surface area contributed by atoms with Crippen LogP contribution in [-0.4, -0.2) is 47.5 Å². The number of ether oxygens (including phenoxy) is 2. The number of aliphatic hydroxyl groups is 2. The average Bonchev–Trinajstić information content (AvgIpc) is 2.88. The van der Waals surface area contributed by atoms with Crippen LogP contribution in [0.2, 0.25) is 0 Å². The van der Waals surface area contributed by atoms with Gasteiger partial charge in [-0.25, -0.2) is 8.78 Å². The smallest absolute Gasteiger partial charge is 0.165 e. The number of hydrogen-bond donors (Lipinski definition) is 2. The summed E-state index contributed by atoms with van der Waals surface area (Å²) in [5.74, 6) is -0.898. The van der Waals surface area contributed by atoms with Crippen molar-refractivity contribution in [1.82, 2.24) is 0 Å². The van der Waals surface area contributed by atoms with E-state index >= 15 is 0 Å². The van der Waals surface area contributed by atoms with Gasteiger partial charge in [0.2, 0.25) is 0 Å². The van der Waals surface area contributed by atoms with E-state index in [1.54, 1.807) is 19.1 Å². The topological polar surface area (TPSA) is 76.0 Å². The predicted octanol–water partition coefficient (Wildman–Crippen LogP) is 3.81. The van der Waals surface area contributed by atoms with Crippen LogP contribution in [0.3, 0.4) is 0 Å². The summed E-state index contributed by atoms with van der Waals surface area (Å²) in [4.78, 5) is 11.1. The fourth-order valence-electron chi connectivity index (χ4n) is 4.66. The molecule has 3 rings (SSSR count). The van der Waals surface area contributed by atoms with Crippen LogP contribution in [0.15, 0.2) is 30.4 Å². The van der Waals surface area contributed by atoms with E-state index < -0.39 is 23.8 Å². The van der Waals surface area contributed by atoms with Crippen LogP contribution in [0.25, 0.3) is 0 Å². The lowest BCUT2D eigenvalue weighted by molar-refractivity contribution is -0.117. The molecule has 1 saturated carbocycles. The number of benzene rings is 1. The second-order valence-electron chi connectivity index (χ2n) is 8.79. The summed E-state index contributed by atoms with van der Waals surface area (Å²) >= 11 is 0. The number of Topliss-reactive ketones (excluding diaryl/α,β-unsaturated/α-hetero) is 1. The minimum absolute atomic E-state index is 0.0164. The molecule has 0 bridgehead atoms. The molecule has 1 saturated heterocycles. The fourth-order valence-corrected chi connectivity index (χ4v) is 4.66. The van der Waals surface area contributed by atoms with Crippen LogP contribution in [0, 0.1) is 29.4 Å². The number of hydrogen-bond acceptors (Lipinski definition) is 5. The van der Waals surface area contributed by atoms with Gasteiger partial charge < -0.3 is 24.5 Å². The van der Waals surface area contributed by atoms with Crippen molar-refractivity contribution in [3.63, 3.8) is 0 Å². The molecule has 0 unspecified atom stereocenters. The molecule has 1 aromatic rings. The maximum atomic E-state index is 13.6. The van der Waals surface area contributed by atoms with Gasteiger partial charge in [0.05, 0.1) is 12.2 Å². The molecule has 1 aliphatic heterocycles. The Bertz CT molecular complexity index is 768. The number of rotatable bonds is 9. The van der Waals surface area contributed by atoms with Gasteiger partial charge in [-0.05, 0) is 56.6 Å². The molecular weight excluding hydrogens is 406 g/mol. The van der Waals surface area contributed by atoms with E-state index in [4.69, 9.17) is 9.47 Å². The molecule has 1 heterocycles. The third kappa shape index (κ3) is 6.82. The third-order valence-electron chi connectivity index (χ3n) is 6.34. The van der Waals surface area contributed by atoms with Gasteiger partial charge in [-0.3, -0.25) is 0 Å². The SMILES string of the molecule is CC(=O)CCC[C@H]1CC[C@@H]2[C@@H](/C=C/[C@@H](O)COc3cc(F)ccc3F)[C@H](O)C[C@@H]2OC1. The van der Waals surface area contributed by atoms with Crippen LogP contribution in [0.5, 0.6) is 5.75 Å². The summed E-state index contributed by atoms with van der Waals surface area (Å²) in [6.07, 6.45) is 6.67. The molecule has 1 aromatic carbocycles. The molecule has 0 spiro atoms. The van der Waals surface area contributed by atoms with Crippen LogP contribution in [0.4, 0.5) is 8.78 Å². The van der Waals surface area contributed by atoms with E-state index in [9.17, 15) is 23.8 Å². The van der Waals surface area contributed by atoms with Crippen molar-refractivity contribution in [2.45, 2.75) is 63.8 Å². The van der Waals surface area contributed by atoms with E-state index in [2.05, 4.69) is 0 Å². The highest BCUT2D eigenvalue weighted by Crippen LogP contribution is 2.42. The number of halogens is 2. The average molecular weight is 439 g/mol. The number of carbonyl (C=O) groups is 1. The van der Waals surface area contributed by atoms with E-state index in [-0.39, 0.29) is 36.1 Å². The van der Waals surface area contributed by atoms with E-state index in [1.165, 1.54) is 0 Å². The largest absolute Gasteiger partial charge is 0.487 e. The lowest BCUT2D eigenvalue weighted by Crippen LogP contribution is -2.22. The van der Waals surface area contributed by atoms with Crippen molar-refractivity contribution in [1.29, 1.82) is 0 Å². The maximum Gasteiger partial charge on any atom is 0.165 e. The highest BCUT2D eigenvalue weighted by Gasteiger charge is 2.43. The van der Waals surface area contributed by atoms with Gasteiger partial charge in [-0.15, -0.1) is 0 Å². The van der Waals surface area contributed by atoms with Crippen LogP contribution < -0.4 is 4.74 Å². The zero-order chi connectivity index (χ0) is 22.4. The molecule has 0 radical (unpaired) electrons. The molecule has 6 atom stereocenters. The Kier molecular flexibility index (Phi) is 8.58. The fraction of sp³-hybridized carbons (Fsp3) is 0.625. The Hall–Kier alpha value is -1.83. The number of fused-ring (bicyclic) bond motifs is 1. The van der Waals surface area contributed by atoms with Gasteiger partial charge in [-0.1, -0.05) is 12.2 Å². The summed E-state index contributed by atoms with van der Waals surface area (Å²) in [5, 5.41) is 20.7. The first-order chi connectivity index (χ1) is 14.8. The van der Waals surface area contributed by atoms with Crippen LogP contribution in [0.1, 0.15) is 45.4 Å². The van der Waals surface area contributed by atoms with Gasteiger partial charge in [0, 0.05) is 31.4 Å². The first kappa shape index (κ1) is 23.8. The highest BCUT2D eigenvalue weighted by atomic mass is 19.1. The van der Waals surface area contributed by atoms with Crippen LogP contribution >= 0.6 is 0 Å². The molecule has 2 fully saturated rings. The van der Waals surface area contributed by atoms with Gasteiger partial charge in [-0.2, -0.15) is 0 Å². The quantitative estimate of drug-likeness (QED) is 0.574. The lowest BCUT2D eigenvalue weighted by atomic mass is 9.86. The van der Waals surface area contributed by atoms with Crippen molar-refractivity contribution in [3.8, 4) is 5.75 Å². The van der Waals surface area contributed by atoms with Crippen molar-refractivity contribution in [2.24, 2.45) is 17.8 Å². The van der Waals surface area contributed by atoms with Gasteiger partial charge in [0.1, 0.15) is 24.3 Å². The molecule has 0 aromatic heterocycles. The molecule has 1 aliphatic carbocycles. The molecule has 2 N–H and O–H groups in total. The molecule has 0 amide bonds. The number of carbonyl (C=O) groups excluding carboxylic acids is 1. The van der Waals surface area contributed by atoms with Gasteiger partial charge in [0.25, 0.3) is 0 Å². The molecule has 172 valence electrons. The molecular formula is C24H32F2O5. The Morgan fingerprint density at radius 1 is 1.35 bits per heavy atom. The Morgan fingerprint density at radius 2 is 2.16 bits per heavy atom. The van der Waals surface area contributed by atoms with Crippen molar-refractivity contribution in [2.75, 3.05) is 13.2 Å². The first-order valence-corrected chi connectivity index (χ1v) is 11.1. The lowest BCUT2D eigenvalue weighted by Gasteiger charge is -2.21. The molecule has 31 heavy (non-hydrogen) atoms. The molecule has 5 nitrogen and oxygen atoms in total. The Balaban J connectivity index is 1.51. The highest BCUT2D eigenvalue weighted by molar-refractivity contribution is 5.75. The maximum absolute atomic E-state index is 13.6. The zero-order valence-corrected chi connectivity index (χ0v) is 17.9. The summed E-state index contributed by atoms with van der Waals surface area (Å²) in [7, 11) is 0. The van der Waals surface area contributed by atoms with Gasteiger partial charge in [0.15, 0.2) is 11.6 Å². The van der Waals surface area contributed by atoms with Crippen molar-refractivity contribution >= 4 is 5.78 Å². The molecule has 7 heteroatoms. The normalized spacial score (nSPS) is 29.5. The second-order valence-corrected chi connectivity index (χ2v) is 8.79. The summed E-state index contributed by atoms with van der Waals surface area (Å²) in [6.45, 7) is 2.04. The Labute approximate surface area is 182 Å². The van der Waals surface area contributed by atoms with Crippen LogP contribution in [-0.2, 0) is 9.53 Å². The Morgan fingerprint density at radius 3 is 2.94 bits per heavy atom. The second kappa shape index (κ2) is 11.2. The third-order valence-corrected chi connectivity index (χ3v) is 6.34. The number of aliphatic hydroxyl groups excluding tert-OH is 2. The number of ketones is 1. The molecule has 2 aliphatic rings. The standard InChI is InChI=1S/C24H32F2O5/c1-15(27)3-2-4-16-5-8-20-19(22(29)12-23(20)30-13-16)9-7-18(28)14-31-24-11-17(25)6-10-21(24)26/h6-7,9-11,16,18-20,22-23,28-29H,2-5,8,12-14H2,1H3/b9-7+/t16-,18+,19+,20+,22+,23-/m0/s1. The summed E-state index contributed by atoms with van der Waals surface area (Å²) < 4.78 is 38.1. The summed E-state index contributed by atoms with van der Waals surface area (Å²) in [6, 6.07) is 2.91. The van der Waals surface area contributed by atoms with E-state index in [0.29, 0.717) is 25.4 Å². The van der Waals surface area contributed by atoms with Crippen molar-refractivity contribution in [3.05, 3.63) is 42.0 Å². The van der Waals surface area contributed by atoms with Gasteiger partial charge >= 0.3 is 0 Å². The first-order valence-electron chi connectivity index (χ1n) is 11.1. The monoisotopic (exact) mass is 438 g/mol.